The van der Waals surface area contributed by atoms with E-state index in [0.29, 0.717) is 18.3 Å². The monoisotopic (exact) mass is 304 g/mol. The van der Waals surface area contributed by atoms with E-state index < -0.39 is 0 Å². The number of fused-ring (bicyclic) bond motifs is 3. The number of aliphatic hydroxyl groups excluding tert-OH is 1. The van der Waals surface area contributed by atoms with Crippen LogP contribution in [0, 0.1) is 33.5 Å². The quantitative estimate of drug-likeness (QED) is 0.782. The molecular formula is C20H32O2. The molecule has 2 heteroatoms. The molecule has 0 aromatic rings. The van der Waals surface area contributed by atoms with Gasteiger partial charge in [-0.2, -0.15) is 0 Å². The number of carbonyl (C=O) groups excluding carboxylic acids is 1. The first-order valence-electron chi connectivity index (χ1n) is 9.44. The van der Waals surface area contributed by atoms with Crippen molar-refractivity contribution in [3.05, 3.63) is 0 Å². The van der Waals surface area contributed by atoms with Gasteiger partial charge in [0, 0.05) is 18.4 Å². The molecule has 2 unspecified atom stereocenters. The van der Waals surface area contributed by atoms with Crippen LogP contribution in [0.25, 0.3) is 0 Å². The minimum absolute atomic E-state index is 0.00936. The predicted molar refractivity (Wildman–Crippen MR) is 87.4 cm³/mol. The molecule has 0 aromatic heterocycles. The Labute approximate surface area is 135 Å². The van der Waals surface area contributed by atoms with Crippen LogP contribution in [-0.4, -0.2) is 17.5 Å². The SMILES string of the molecule is C[C@@]12CC[C@@]3(CC1=O)C(CCC1[C@@](C)(CO)CCC[C@@]13C)C2. The normalized spacial score (nSPS) is 57.4. The molecule has 2 bridgehead atoms. The highest BCUT2D eigenvalue weighted by molar-refractivity contribution is 5.87. The van der Waals surface area contributed by atoms with Crippen LogP contribution >= 0.6 is 0 Å². The van der Waals surface area contributed by atoms with Gasteiger partial charge < -0.3 is 5.11 Å². The third kappa shape index (κ3) is 1.58. The van der Waals surface area contributed by atoms with Gasteiger partial charge in [-0.1, -0.05) is 27.2 Å². The zero-order valence-corrected chi connectivity index (χ0v) is 14.6. The maximum atomic E-state index is 12.8. The molecule has 5 fully saturated rings. The Kier molecular flexibility index (Phi) is 3.02. The minimum Gasteiger partial charge on any atom is -0.396 e. The summed E-state index contributed by atoms with van der Waals surface area (Å²) in [7, 11) is 0. The molecule has 0 aromatic carbocycles. The van der Waals surface area contributed by atoms with Crippen molar-refractivity contribution < 1.29 is 9.90 Å². The Hall–Kier alpha value is -0.370. The van der Waals surface area contributed by atoms with Crippen molar-refractivity contribution in [2.45, 2.75) is 78.6 Å². The predicted octanol–water partition coefficient (Wildman–Crippen LogP) is 4.35. The fourth-order valence-electron chi connectivity index (χ4n) is 7.66. The molecular weight excluding hydrogens is 272 g/mol. The minimum atomic E-state index is -0.00936. The molecule has 6 atom stereocenters. The van der Waals surface area contributed by atoms with E-state index in [1.807, 2.05) is 0 Å². The Bertz CT molecular complexity index is 514. The van der Waals surface area contributed by atoms with Crippen LogP contribution in [0.5, 0.6) is 0 Å². The van der Waals surface area contributed by atoms with Gasteiger partial charge in [-0.25, -0.2) is 0 Å². The Morgan fingerprint density at radius 1 is 1.09 bits per heavy atom. The average Bonchev–Trinajstić information content (AvgIpc) is 2.48. The molecule has 5 aliphatic rings. The Morgan fingerprint density at radius 2 is 1.86 bits per heavy atom. The van der Waals surface area contributed by atoms with Crippen molar-refractivity contribution in [1.29, 1.82) is 0 Å². The number of Topliss-reactive ketones (excluding diaryl/α,β-unsaturated/α-hetero) is 1. The fraction of sp³-hybridized carbons (Fsp3) is 0.950. The molecule has 124 valence electrons. The van der Waals surface area contributed by atoms with Gasteiger partial charge in [0.15, 0.2) is 0 Å². The van der Waals surface area contributed by atoms with E-state index in [2.05, 4.69) is 20.8 Å². The standard InChI is InChI=1S/C20H32O2/c1-17-9-10-20(12-16(17)22)14(11-17)5-6-15-18(2,13-21)7-4-8-19(15,20)3/h14-15,21H,4-13H2,1-3H3/t14?,15?,17-,18+,19-,20+/m0/s1. The summed E-state index contributed by atoms with van der Waals surface area (Å²) in [5.41, 5.74) is 0.587. The highest BCUT2D eigenvalue weighted by Gasteiger charge is 2.68. The molecule has 0 aliphatic heterocycles. The van der Waals surface area contributed by atoms with E-state index in [1.165, 1.54) is 32.1 Å². The highest BCUT2D eigenvalue weighted by Crippen LogP contribution is 2.74. The second kappa shape index (κ2) is 4.37. The second-order valence-corrected chi connectivity index (χ2v) is 9.93. The zero-order chi connectivity index (χ0) is 15.8. The fourth-order valence-corrected chi connectivity index (χ4v) is 7.66. The molecule has 0 heterocycles. The van der Waals surface area contributed by atoms with Gasteiger partial charge in [0.2, 0.25) is 0 Å². The van der Waals surface area contributed by atoms with Crippen molar-refractivity contribution in [1.82, 2.24) is 0 Å². The summed E-state index contributed by atoms with van der Waals surface area (Å²) >= 11 is 0. The van der Waals surface area contributed by atoms with Crippen molar-refractivity contribution in [3.8, 4) is 0 Å². The lowest BCUT2D eigenvalue weighted by atomic mass is 9.33. The van der Waals surface area contributed by atoms with Gasteiger partial charge in [-0.15, -0.1) is 0 Å². The molecule has 5 rings (SSSR count). The summed E-state index contributed by atoms with van der Waals surface area (Å²) < 4.78 is 0. The number of ketones is 1. The van der Waals surface area contributed by atoms with Crippen molar-refractivity contribution in [2.75, 3.05) is 6.61 Å². The first-order valence-corrected chi connectivity index (χ1v) is 9.44. The lowest BCUT2D eigenvalue weighted by Gasteiger charge is -2.71. The van der Waals surface area contributed by atoms with Crippen LogP contribution < -0.4 is 0 Å². The van der Waals surface area contributed by atoms with Gasteiger partial charge in [0.05, 0.1) is 0 Å². The van der Waals surface area contributed by atoms with Gasteiger partial charge in [0.25, 0.3) is 0 Å². The van der Waals surface area contributed by atoms with Crippen molar-refractivity contribution in [2.24, 2.45) is 33.5 Å². The van der Waals surface area contributed by atoms with Crippen LogP contribution in [0.4, 0.5) is 0 Å². The van der Waals surface area contributed by atoms with Gasteiger partial charge in [-0.3, -0.25) is 4.79 Å². The number of hydrogen-bond donors (Lipinski definition) is 1. The number of hydrogen-bond acceptors (Lipinski definition) is 2. The first-order chi connectivity index (χ1) is 10.3. The van der Waals surface area contributed by atoms with E-state index in [-0.39, 0.29) is 21.7 Å². The third-order valence-corrected chi connectivity index (χ3v) is 9.11. The van der Waals surface area contributed by atoms with E-state index in [9.17, 15) is 9.90 Å². The summed E-state index contributed by atoms with van der Waals surface area (Å²) in [6.07, 6.45) is 10.6. The Morgan fingerprint density at radius 3 is 2.55 bits per heavy atom. The summed E-state index contributed by atoms with van der Waals surface area (Å²) in [4.78, 5) is 12.8. The average molecular weight is 304 g/mol. The van der Waals surface area contributed by atoms with Crippen LogP contribution in [0.15, 0.2) is 0 Å². The van der Waals surface area contributed by atoms with Crippen LogP contribution in [-0.2, 0) is 4.79 Å². The summed E-state index contributed by atoms with van der Waals surface area (Å²) in [6.45, 7) is 7.35. The van der Waals surface area contributed by atoms with E-state index >= 15 is 0 Å². The molecule has 0 amide bonds. The summed E-state index contributed by atoms with van der Waals surface area (Å²) in [5, 5.41) is 10.1. The van der Waals surface area contributed by atoms with E-state index in [0.717, 1.165) is 31.6 Å². The van der Waals surface area contributed by atoms with Crippen molar-refractivity contribution in [3.63, 3.8) is 0 Å². The lowest BCUT2D eigenvalue weighted by molar-refractivity contribution is -0.220. The summed E-state index contributed by atoms with van der Waals surface area (Å²) in [5.74, 6) is 1.91. The van der Waals surface area contributed by atoms with Crippen LogP contribution in [0.3, 0.4) is 0 Å². The van der Waals surface area contributed by atoms with Gasteiger partial charge in [-0.05, 0) is 73.0 Å². The van der Waals surface area contributed by atoms with E-state index in [1.54, 1.807) is 0 Å². The van der Waals surface area contributed by atoms with Gasteiger partial charge >= 0.3 is 0 Å². The largest absolute Gasteiger partial charge is 0.396 e. The van der Waals surface area contributed by atoms with Gasteiger partial charge in [0.1, 0.15) is 5.78 Å². The second-order valence-electron chi connectivity index (χ2n) is 9.93. The maximum absolute atomic E-state index is 12.8. The topological polar surface area (TPSA) is 37.3 Å². The zero-order valence-electron chi connectivity index (χ0n) is 14.6. The maximum Gasteiger partial charge on any atom is 0.139 e. The molecule has 5 aliphatic carbocycles. The Balaban J connectivity index is 1.79. The third-order valence-electron chi connectivity index (χ3n) is 9.11. The molecule has 5 saturated carbocycles. The number of rotatable bonds is 1. The molecule has 2 nitrogen and oxygen atoms in total. The smallest absolute Gasteiger partial charge is 0.139 e. The number of aliphatic hydroxyl groups is 1. The highest BCUT2D eigenvalue weighted by atomic mass is 16.3. The van der Waals surface area contributed by atoms with Crippen LogP contribution in [0.2, 0.25) is 0 Å². The van der Waals surface area contributed by atoms with Crippen molar-refractivity contribution >= 4 is 5.78 Å². The molecule has 0 radical (unpaired) electrons. The molecule has 1 N–H and O–H groups in total. The molecule has 0 saturated heterocycles. The molecule has 22 heavy (non-hydrogen) atoms. The van der Waals surface area contributed by atoms with Crippen LogP contribution in [0.1, 0.15) is 78.6 Å². The lowest BCUT2D eigenvalue weighted by Crippen LogP contribution is -2.65. The van der Waals surface area contributed by atoms with E-state index in [4.69, 9.17) is 0 Å². The number of carbonyl (C=O) groups is 1. The first kappa shape index (κ1) is 15.2. The summed E-state index contributed by atoms with van der Waals surface area (Å²) in [6, 6.07) is 0. The molecule has 1 spiro atoms.